The van der Waals surface area contributed by atoms with Gasteiger partial charge in [-0.1, -0.05) is 6.92 Å². The van der Waals surface area contributed by atoms with Crippen LogP contribution in [-0.4, -0.2) is 32.8 Å². The lowest BCUT2D eigenvalue weighted by Gasteiger charge is -2.26. The smallest absolute Gasteiger partial charge is 0.338 e. The topological polar surface area (TPSA) is 84.2 Å². The Morgan fingerprint density at radius 1 is 1.42 bits per heavy atom. The number of hydrogen-bond acceptors (Lipinski definition) is 3. The molecule has 0 spiro atoms. The standard InChI is InChI=1S/C13H19N3O3/c1-9-2-4-11(5-3-9)15-12(17)8-16-7-10(6-14-16)13(18)19/h6-7,9,11H,2-5,8H2,1H3,(H,15,17)(H,18,19). The normalized spacial score (nSPS) is 23.0. The van der Waals surface area contributed by atoms with E-state index in [-0.39, 0.29) is 24.1 Å². The molecule has 1 fully saturated rings. The van der Waals surface area contributed by atoms with Gasteiger partial charge in [0.15, 0.2) is 0 Å². The zero-order valence-electron chi connectivity index (χ0n) is 11.0. The van der Waals surface area contributed by atoms with Gasteiger partial charge in [0.25, 0.3) is 0 Å². The lowest BCUT2D eigenvalue weighted by atomic mass is 9.87. The van der Waals surface area contributed by atoms with Crippen molar-refractivity contribution < 1.29 is 14.7 Å². The van der Waals surface area contributed by atoms with Crippen molar-refractivity contribution >= 4 is 11.9 Å². The Kier molecular flexibility index (Phi) is 4.19. The Balaban J connectivity index is 1.82. The number of nitrogens with one attached hydrogen (secondary N) is 1. The van der Waals surface area contributed by atoms with Crippen molar-refractivity contribution in [2.45, 2.75) is 45.2 Å². The first kappa shape index (κ1) is 13.6. The monoisotopic (exact) mass is 265 g/mol. The highest BCUT2D eigenvalue weighted by Crippen LogP contribution is 2.23. The quantitative estimate of drug-likeness (QED) is 0.858. The first-order valence-electron chi connectivity index (χ1n) is 6.59. The zero-order valence-corrected chi connectivity index (χ0v) is 11.0. The molecule has 2 N–H and O–H groups in total. The second kappa shape index (κ2) is 5.86. The van der Waals surface area contributed by atoms with E-state index >= 15 is 0 Å². The van der Waals surface area contributed by atoms with Crippen LogP contribution in [0.5, 0.6) is 0 Å². The van der Waals surface area contributed by atoms with Gasteiger partial charge >= 0.3 is 5.97 Å². The largest absolute Gasteiger partial charge is 0.478 e. The Bertz CT molecular complexity index is 461. The minimum absolute atomic E-state index is 0.0688. The van der Waals surface area contributed by atoms with E-state index in [0.717, 1.165) is 31.6 Å². The van der Waals surface area contributed by atoms with Gasteiger partial charge in [0.05, 0.1) is 11.8 Å². The molecule has 0 radical (unpaired) electrons. The number of rotatable bonds is 4. The molecule has 6 nitrogen and oxygen atoms in total. The van der Waals surface area contributed by atoms with Crippen molar-refractivity contribution in [3.05, 3.63) is 18.0 Å². The summed E-state index contributed by atoms with van der Waals surface area (Å²) >= 11 is 0. The zero-order chi connectivity index (χ0) is 13.8. The minimum atomic E-state index is -1.03. The molecule has 1 heterocycles. The predicted molar refractivity (Wildman–Crippen MR) is 68.7 cm³/mol. The second-order valence-electron chi connectivity index (χ2n) is 5.26. The highest BCUT2D eigenvalue weighted by Gasteiger charge is 2.20. The van der Waals surface area contributed by atoms with E-state index in [9.17, 15) is 9.59 Å². The first-order valence-corrected chi connectivity index (χ1v) is 6.59. The van der Waals surface area contributed by atoms with Crippen LogP contribution in [0, 0.1) is 5.92 Å². The third-order valence-corrected chi connectivity index (χ3v) is 3.57. The Morgan fingerprint density at radius 2 is 2.11 bits per heavy atom. The molecule has 0 saturated heterocycles. The fourth-order valence-electron chi connectivity index (χ4n) is 2.39. The molecule has 6 heteroatoms. The number of amides is 1. The molecular weight excluding hydrogens is 246 g/mol. The maximum absolute atomic E-state index is 11.8. The Morgan fingerprint density at radius 3 is 2.68 bits per heavy atom. The number of carbonyl (C=O) groups excluding carboxylic acids is 1. The van der Waals surface area contributed by atoms with Crippen molar-refractivity contribution in [3.63, 3.8) is 0 Å². The number of carboxylic acid groups (broad SMARTS) is 1. The number of aromatic nitrogens is 2. The minimum Gasteiger partial charge on any atom is -0.478 e. The van der Waals surface area contributed by atoms with Crippen molar-refractivity contribution in [1.82, 2.24) is 15.1 Å². The van der Waals surface area contributed by atoms with Gasteiger partial charge in [0.2, 0.25) is 5.91 Å². The van der Waals surface area contributed by atoms with Gasteiger partial charge in [0.1, 0.15) is 6.54 Å². The van der Waals surface area contributed by atoms with Crippen LogP contribution in [0.4, 0.5) is 0 Å². The van der Waals surface area contributed by atoms with Crippen LogP contribution in [0.15, 0.2) is 12.4 Å². The Labute approximate surface area is 111 Å². The maximum atomic E-state index is 11.8. The number of aromatic carboxylic acids is 1. The molecule has 1 saturated carbocycles. The summed E-state index contributed by atoms with van der Waals surface area (Å²) in [5.74, 6) is -0.398. The summed E-state index contributed by atoms with van der Waals surface area (Å²) in [7, 11) is 0. The SMILES string of the molecule is CC1CCC(NC(=O)Cn2cc(C(=O)O)cn2)CC1. The van der Waals surface area contributed by atoms with Gasteiger partial charge in [-0.2, -0.15) is 5.10 Å². The summed E-state index contributed by atoms with van der Waals surface area (Å²) in [6.45, 7) is 2.30. The number of carboxylic acids is 1. The average Bonchev–Trinajstić information content (AvgIpc) is 2.80. The van der Waals surface area contributed by atoms with Crippen LogP contribution in [-0.2, 0) is 11.3 Å². The highest BCUT2D eigenvalue weighted by atomic mass is 16.4. The number of carbonyl (C=O) groups is 2. The van der Waals surface area contributed by atoms with E-state index in [1.807, 2.05) is 0 Å². The molecule has 104 valence electrons. The van der Waals surface area contributed by atoms with Crippen LogP contribution in [0.1, 0.15) is 43.0 Å². The van der Waals surface area contributed by atoms with Gasteiger partial charge in [-0.3, -0.25) is 9.48 Å². The van der Waals surface area contributed by atoms with Crippen LogP contribution < -0.4 is 5.32 Å². The van der Waals surface area contributed by atoms with Gasteiger partial charge in [0, 0.05) is 12.2 Å². The summed E-state index contributed by atoms with van der Waals surface area (Å²) in [5, 5.41) is 15.6. The third-order valence-electron chi connectivity index (χ3n) is 3.57. The fourth-order valence-corrected chi connectivity index (χ4v) is 2.39. The molecule has 1 amide bonds. The number of hydrogen-bond donors (Lipinski definition) is 2. The maximum Gasteiger partial charge on any atom is 0.338 e. The Hall–Kier alpha value is -1.85. The lowest BCUT2D eigenvalue weighted by Crippen LogP contribution is -2.39. The predicted octanol–water partition coefficient (Wildman–Crippen LogP) is 1.28. The molecule has 1 aromatic heterocycles. The van der Waals surface area contributed by atoms with Crippen LogP contribution in [0.3, 0.4) is 0 Å². The second-order valence-corrected chi connectivity index (χ2v) is 5.26. The molecule has 0 bridgehead atoms. The number of nitrogens with zero attached hydrogens (tertiary/aromatic N) is 2. The molecule has 2 rings (SSSR count). The summed E-state index contributed by atoms with van der Waals surface area (Å²) in [6.07, 6.45) is 6.95. The fraction of sp³-hybridized carbons (Fsp3) is 0.615. The van der Waals surface area contributed by atoms with Gasteiger partial charge in [-0.15, -0.1) is 0 Å². The van der Waals surface area contributed by atoms with Gasteiger partial charge in [-0.25, -0.2) is 4.79 Å². The van der Waals surface area contributed by atoms with E-state index in [1.54, 1.807) is 0 Å². The van der Waals surface area contributed by atoms with E-state index in [0.29, 0.717) is 0 Å². The van der Waals surface area contributed by atoms with Crippen molar-refractivity contribution in [1.29, 1.82) is 0 Å². The van der Waals surface area contributed by atoms with E-state index in [1.165, 1.54) is 17.1 Å². The molecule has 19 heavy (non-hydrogen) atoms. The van der Waals surface area contributed by atoms with E-state index in [4.69, 9.17) is 5.11 Å². The van der Waals surface area contributed by atoms with Crippen LogP contribution in [0.2, 0.25) is 0 Å². The van der Waals surface area contributed by atoms with Gasteiger partial charge in [-0.05, 0) is 31.6 Å². The molecule has 1 aliphatic rings. The van der Waals surface area contributed by atoms with E-state index < -0.39 is 5.97 Å². The molecule has 0 atom stereocenters. The first-order chi connectivity index (χ1) is 9.04. The molecule has 1 aliphatic carbocycles. The third kappa shape index (κ3) is 3.81. The lowest BCUT2D eigenvalue weighted by molar-refractivity contribution is -0.122. The van der Waals surface area contributed by atoms with Crippen LogP contribution >= 0.6 is 0 Å². The highest BCUT2D eigenvalue weighted by molar-refractivity contribution is 5.87. The average molecular weight is 265 g/mol. The van der Waals surface area contributed by atoms with Crippen molar-refractivity contribution in [2.75, 3.05) is 0 Å². The summed E-state index contributed by atoms with van der Waals surface area (Å²) in [6, 6.07) is 0.248. The summed E-state index contributed by atoms with van der Waals surface area (Å²) in [4.78, 5) is 22.5. The molecule has 0 aromatic carbocycles. The summed E-state index contributed by atoms with van der Waals surface area (Å²) in [5.41, 5.74) is 0.0966. The van der Waals surface area contributed by atoms with E-state index in [2.05, 4.69) is 17.3 Å². The van der Waals surface area contributed by atoms with Gasteiger partial charge < -0.3 is 10.4 Å². The van der Waals surface area contributed by atoms with Crippen molar-refractivity contribution in [2.24, 2.45) is 5.92 Å². The molecule has 1 aromatic rings. The van der Waals surface area contributed by atoms with Crippen molar-refractivity contribution in [3.8, 4) is 0 Å². The molecule has 0 aliphatic heterocycles. The van der Waals surface area contributed by atoms with Crippen LogP contribution in [0.25, 0.3) is 0 Å². The summed E-state index contributed by atoms with van der Waals surface area (Å²) < 4.78 is 1.35. The molecular formula is C13H19N3O3. The molecule has 0 unspecified atom stereocenters.